The molecule has 0 saturated carbocycles. The molecule has 0 amide bonds. The molecule has 0 N–H and O–H groups in total. The molecule has 0 heterocycles. The molecule has 3 aromatic rings. The maximum Gasteiger partial charge on any atom is 0.0490 e. The summed E-state index contributed by atoms with van der Waals surface area (Å²) in [6.07, 6.45) is 0. The van der Waals surface area contributed by atoms with Crippen LogP contribution >= 0.6 is 0 Å². The van der Waals surface area contributed by atoms with Crippen LogP contribution in [-0.2, 0) is 0 Å². The number of para-hydroxylation sites is 1. The van der Waals surface area contributed by atoms with Gasteiger partial charge in [-0.15, -0.1) is 0 Å². The summed E-state index contributed by atoms with van der Waals surface area (Å²) in [7, 11) is 0. The molecule has 1 heteroatoms. The summed E-state index contributed by atoms with van der Waals surface area (Å²) in [5, 5.41) is 0. The minimum Gasteiger partial charge on any atom is -0.310 e. The highest BCUT2D eigenvalue weighted by atomic mass is 15.1. The van der Waals surface area contributed by atoms with Gasteiger partial charge in [-0.2, -0.15) is 0 Å². The van der Waals surface area contributed by atoms with Gasteiger partial charge in [0, 0.05) is 17.1 Å². The van der Waals surface area contributed by atoms with E-state index in [9.17, 15) is 0 Å². The highest BCUT2D eigenvalue weighted by Crippen LogP contribution is 2.36. The van der Waals surface area contributed by atoms with Crippen LogP contribution in [0, 0.1) is 20.8 Å². The van der Waals surface area contributed by atoms with Crippen molar-refractivity contribution in [2.24, 2.45) is 0 Å². The van der Waals surface area contributed by atoms with Crippen LogP contribution in [0.25, 0.3) is 0 Å². The van der Waals surface area contributed by atoms with Crippen LogP contribution < -0.4 is 4.90 Å². The first-order chi connectivity index (χ1) is 10.6. The molecule has 0 aliphatic rings. The molecule has 0 spiro atoms. The first-order valence-electron chi connectivity index (χ1n) is 7.64. The molecule has 0 aliphatic carbocycles. The first-order valence-corrected chi connectivity index (χ1v) is 7.64. The van der Waals surface area contributed by atoms with Crippen molar-refractivity contribution in [1.82, 2.24) is 0 Å². The van der Waals surface area contributed by atoms with E-state index in [2.05, 4.69) is 98.5 Å². The van der Waals surface area contributed by atoms with Crippen LogP contribution in [0.2, 0.25) is 0 Å². The number of hydrogen-bond donors (Lipinski definition) is 0. The molecule has 0 saturated heterocycles. The van der Waals surface area contributed by atoms with Crippen LogP contribution in [0.15, 0.2) is 72.8 Å². The van der Waals surface area contributed by atoms with Crippen molar-refractivity contribution in [1.29, 1.82) is 0 Å². The van der Waals surface area contributed by atoms with Gasteiger partial charge >= 0.3 is 0 Å². The molecule has 1 nitrogen and oxygen atoms in total. The average molecular weight is 287 g/mol. The largest absolute Gasteiger partial charge is 0.310 e. The van der Waals surface area contributed by atoms with Gasteiger partial charge in [-0.05, 0) is 62.2 Å². The molecule has 0 aliphatic heterocycles. The molecule has 0 fully saturated rings. The fourth-order valence-corrected chi connectivity index (χ4v) is 2.83. The number of rotatable bonds is 3. The van der Waals surface area contributed by atoms with E-state index in [4.69, 9.17) is 0 Å². The Labute approximate surface area is 132 Å². The Balaban J connectivity index is 2.19. The highest BCUT2D eigenvalue weighted by molar-refractivity contribution is 5.78. The third-order valence-corrected chi connectivity index (χ3v) is 3.87. The van der Waals surface area contributed by atoms with Crippen LogP contribution in [0.3, 0.4) is 0 Å². The van der Waals surface area contributed by atoms with E-state index >= 15 is 0 Å². The first kappa shape index (κ1) is 14.4. The van der Waals surface area contributed by atoms with Crippen molar-refractivity contribution < 1.29 is 0 Å². The summed E-state index contributed by atoms with van der Waals surface area (Å²) in [4.78, 5) is 2.32. The fraction of sp³-hybridized carbons (Fsp3) is 0.143. The van der Waals surface area contributed by atoms with Gasteiger partial charge in [-0.1, -0.05) is 48.0 Å². The lowest BCUT2D eigenvalue weighted by molar-refractivity contribution is 1.23. The summed E-state index contributed by atoms with van der Waals surface area (Å²) < 4.78 is 0. The van der Waals surface area contributed by atoms with Gasteiger partial charge in [0.2, 0.25) is 0 Å². The van der Waals surface area contributed by atoms with E-state index in [1.165, 1.54) is 33.8 Å². The summed E-state index contributed by atoms with van der Waals surface area (Å²) in [5.74, 6) is 0. The quantitative estimate of drug-likeness (QED) is 0.564. The minimum atomic E-state index is 1.18. The molecular weight excluding hydrogens is 266 g/mol. The normalized spacial score (nSPS) is 10.5. The summed E-state index contributed by atoms with van der Waals surface area (Å²) in [5.41, 5.74) is 7.44. The number of aryl methyl sites for hydroxylation is 3. The predicted octanol–water partition coefficient (Wildman–Crippen LogP) is 6.08. The highest BCUT2D eigenvalue weighted by Gasteiger charge is 2.14. The molecule has 0 unspecified atom stereocenters. The van der Waals surface area contributed by atoms with Crippen molar-refractivity contribution in [3.63, 3.8) is 0 Å². The summed E-state index contributed by atoms with van der Waals surface area (Å²) in [6, 6.07) is 25.8. The zero-order chi connectivity index (χ0) is 15.5. The summed E-state index contributed by atoms with van der Waals surface area (Å²) in [6.45, 7) is 6.44. The number of nitrogens with zero attached hydrogens (tertiary/aromatic N) is 1. The minimum absolute atomic E-state index is 1.18. The average Bonchev–Trinajstić information content (AvgIpc) is 2.51. The summed E-state index contributed by atoms with van der Waals surface area (Å²) >= 11 is 0. The Hall–Kier alpha value is -2.54. The van der Waals surface area contributed by atoms with Crippen molar-refractivity contribution in [3.8, 4) is 0 Å². The third kappa shape index (κ3) is 2.89. The molecule has 0 aromatic heterocycles. The lowest BCUT2D eigenvalue weighted by atomic mass is 10.1. The van der Waals surface area contributed by atoms with Crippen molar-refractivity contribution in [3.05, 3.63) is 89.5 Å². The molecule has 3 aromatic carbocycles. The molecule has 22 heavy (non-hydrogen) atoms. The number of anilines is 3. The fourth-order valence-electron chi connectivity index (χ4n) is 2.83. The van der Waals surface area contributed by atoms with Crippen molar-refractivity contribution in [2.45, 2.75) is 20.8 Å². The smallest absolute Gasteiger partial charge is 0.0490 e. The van der Waals surface area contributed by atoms with Crippen LogP contribution in [0.1, 0.15) is 16.7 Å². The van der Waals surface area contributed by atoms with Gasteiger partial charge in [0.15, 0.2) is 0 Å². The van der Waals surface area contributed by atoms with Gasteiger partial charge in [-0.25, -0.2) is 0 Å². The third-order valence-electron chi connectivity index (χ3n) is 3.87. The number of hydrogen-bond acceptors (Lipinski definition) is 1. The van der Waals surface area contributed by atoms with E-state index < -0.39 is 0 Å². The topological polar surface area (TPSA) is 3.24 Å². The van der Waals surface area contributed by atoms with Gasteiger partial charge in [0.1, 0.15) is 0 Å². The maximum absolute atomic E-state index is 2.32. The lowest BCUT2D eigenvalue weighted by Gasteiger charge is -2.27. The SMILES string of the molecule is Cc1cccc(N(c2ccccc2)c2ccc(C)cc2C)c1. The van der Waals surface area contributed by atoms with Gasteiger partial charge in [0.05, 0.1) is 0 Å². The second-order valence-corrected chi connectivity index (χ2v) is 5.80. The Morgan fingerprint density at radius 2 is 1.27 bits per heavy atom. The van der Waals surface area contributed by atoms with E-state index in [1.807, 2.05) is 0 Å². The second-order valence-electron chi connectivity index (χ2n) is 5.80. The Morgan fingerprint density at radius 3 is 1.95 bits per heavy atom. The monoisotopic (exact) mass is 287 g/mol. The molecule has 3 rings (SSSR count). The molecular formula is C21H21N. The standard InChI is InChI=1S/C21H21N/c1-16-8-7-11-20(15-16)22(19-9-5-4-6-10-19)21-13-12-17(2)14-18(21)3/h4-15H,1-3H3. The van der Waals surface area contributed by atoms with Crippen molar-refractivity contribution in [2.75, 3.05) is 4.90 Å². The van der Waals surface area contributed by atoms with E-state index in [0.29, 0.717) is 0 Å². The Morgan fingerprint density at radius 1 is 0.591 bits per heavy atom. The number of benzene rings is 3. The van der Waals surface area contributed by atoms with Crippen LogP contribution in [0.5, 0.6) is 0 Å². The molecule has 0 atom stereocenters. The second kappa shape index (κ2) is 6.07. The lowest BCUT2D eigenvalue weighted by Crippen LogP contribution is -2.11. The van der Waals surface area contributed by atoms with E-state index in [1.54, 1.807) is 0 Å². The molecule has 0 radical (unpaired) electrons. The van der Waals surface area contributed by atoms with E-state index in [-0.39, 0.29) is 0 Å². The predicted molar refractivity (Wildman–Crippen MR) is 95.3 cm³/mol. The van der Waals surface area contributed by atoms with Gasteiger partial charge in [0.25, 0.3) is 0 Å². The van der Waals surface area contributed by atoms with Crippen LogP contribution in [-0.4, -0.2) is 0 Å². The van der Waals surface area contributed by atoms with Crippen molar-refractivity contribution >= 4 is 17.1 Å². The Kier molecular flexibility index (Phi) is 3.97. The zero-order valence-corrected chi connectivity index (χ0v) is 13.4. The van der Waals surface area contributed by atoms with Gasteiger partial charge < -0.3 is 4.90 Å². The van der Waals surface area contributed by atoms with E-state index in [0.717, 1.165) is 0 Å². The van der Waals surface area contributed by atoms with Crippen LogP contribution in [0.4, 0.5) is 17.1 Å². The maximum atomic E-state index is 2.32. The Bertz CT molecular complexity index is 775. The molecule has 110 valence electrons. The molecule has 0 bridgehead atoms. The van der Waals surface area contributed by atoms with Gasteiger partial charge in [-0.3, -0.25) is 0 Å². The zero-order valence-electron chi connectivity index (χ0n) is 13.4.